The lowest BCUT2D eigenvalue weighted by molar-refractivity contribution is 0.564. The number of nitrogens with zero attached hydrogens (tertiary/aromatic N) is 2. The normalized spacial score (nSPS) is 12.7. The summed E-state index contributed by atoms with van der Waals surface area (Å²) in [6, 6.07) is 14.2. The van der Waals surface area contributed by atoms with E-state index in [1.165, 1.54) is 5.69 Å². The fourth-order valence-electron chi connectivity index (χ4n) is 2.56. The molecule has 0 fully saturated rings. The number of imidazole rings is 1. The first kappa shape index (κ1) is 14.1. The summed E-state index contributed by atoms with van der Waals surface area (Å²) in [7, 11) is 0. The van der Waals surface area contributed by atoms with E-state index in [1.54, 1.807) is 0 Å². The molecule has 3 nitrogen and oxygen atoms in total. The van der Waals surface area contributed by atoms with Crippen LogP contribution >= 0.6 is 11.6 Å². The second-order valence-corrected chi connectivity index (χ2v) is 5.60. The van der Waals surface area contributed by atoms with Gasteiger partial charge in [-0.3, -0.25) is 0 Å². The summed E-state index contributed by atoms with van der Waals surface area (Å²) >= 11 is 6.25. The van der Waals surface area contributed by atoms with Crippen molar-refractivity contribution < 1.29 is 0 Å². The number of hydrogen-bond acceptors (Lipinski definition) is 2. The van der Waals surface area contributed by atoms with Crippen LogP contribution < -0.4 is 5.32 Å². The van der Waals surface area contributed by atoms with E-state index in [2.05, 4.69) is 27.7 Å². The SMILES string of the molecule is Cc1nc2ccccn2c1CN[C@H](C)c1ccccc1Cl. The second-order valence-electron chi connectivity index (χ2n) is 5.20. The molecule has 21 heavy (non-hydrogen) atoms. The summed E-state index contributed by atoms with van der Waals surface area (Å²) in [5, 5.41) is 4.33. The molecule has 0 radical (unpaired) electrons. The van der Waals surface area contributed by atoms with E-state index in [4.69, 9.17) is 11.6 Å². The van der Waals surface area contributed by atoms with Gasteiger partial charge in [-0.05, 0) is 37.6 Å². The summed E-state index contributed by atoms with van der Waals surface area (Å²) in [4.78, 5) is 4.58. The summed E-state index contributed by atoms with van der Waals surface area (Å²) in [5.41, 5.74) is 4.34. The standard InChI is InChI=1S/C17H18ClN3/c1-12(14-7-3-4-8-15(14)18)19-11-16-13(2)20-17-9-5-6-10-21(16)17/h3-10,12,19H,11H2,1-2H3/t12-/m1/s1. The second kappa shape index (κ2) is 5.88. The van der Waals surface area contributed by atoms with Crippen molar-refractivity contribution in [3.63, 3.8) is 0 Å². The highest BCUT2D eigenvalue weighted by Gasteiger charge is 2.12. The summed E-state index contributed by atoms with van der Waals surface area (Å²) in [6.07, 6.45) is 2.05. The third kappa shape index (κ3) is 2.80. The largest absolute Gasteiger partial charge is 0.305 e. The van der Waals surface area contributed by atoms with E-state index in [9.17, 15) is 0 Å². The lowest BCUT2D eigenvalue weighted by Gasteiger charge is -2.16. The average Bonchev–Trinajstić information content (AvgIpc) is 2.81. The molecule has 0 unspecified atom stereocenters. The van der Waals surface area contributed by atoms with Gasteiger partial charge in [-0.15, -0.1) is 0 Å². The monoisotopic (exact) mass is 299 g/mol. The Balaban J connectivity index is 1.81. The highest BCUT2D eigenvalue weighted by atomic mass is 35.5. The number of fused-ring (bicyclic) bond motifs is 1. The molecule has 1 N–H and O–H groups in total. The average molecular weight is 300 g/mol. The highest BCUT2D eigenvalue weighted by Crippen LogP contribution is 2.22. The molecule has 1 atom stereocenters. The maximum absolute atomic E-state index is 6.25. The predicted octanol–water partition coefficient (Wildman–Crippen LogP) is 4.15. The lowest BCUT2D eigenvalue weighted by Crippen LogP contribution is -2.19. The molecule has 1 aromatic carbocycles. The number of pyridine rings is 1. The number of halogens is 1. The molecule has 0 saturated carbocycles. The quantitative estimate of drug-likeness (QED) is 0.784. The zero-order valence-corrected chi connectivity index (χ0v) is 12.9. The molecule has 2 aromatic heterocycles. The molecular formula is C17H18ClN3. The van der Waals surface area contributed by atoms with Crippen molar-refractivity contribution in [3.05, 3.63) is 70.6 Å². The van der Waals surface area contributed by atoms with Gasteiger partial charge in [0.2, 0.25) is 0 Å². The van der Waals surface area contributed by atoms with Gasteiger partial charge in [-0.1, -0.05) is 35.9 Å². The van der Waals surface area contributed by atoms with Crippen molar-refractivity contribution in [3.8, 4) is 0 Å². The first-order valence-electron chi connectivity index (χ1n) is 7.07. The molecule has 0 aliphatic rings. The summed E-state index contributed by atoms with van der Waals surface area (Å²) < 4.78 is 2.13. The van der Waals surface area contributed by atoms with Gasteiger partial charge < -0.3 is 9.72 Å². The lowest BCUT2D eigenvalue weighted by atomic mass is 10.1. The van der Waals surface area contributed by atoms with Gasteiger partial charge in [0.05, 0.1) is 11.4 Å². The molecule has 0 aliphatic heterocycles. The van der Waals surface area contributed by atoms with Crippen molar-refractivity contribution in [2.45, 2.75) is 26.4 Å². The van der Waals surface area contributed by atoms with Crippen molar-refractivity contribution in [2.24, 2.45) is 0 Å². The van der Waals surface area contributed by atoms with Crippen LogP contribution in [0, 0.1) is 6.92 Å². The van der Waals surface area contributed by atoms with Crippen LogP contribution in [0.4, 0.5) is 0 Å². The Morgan fingerprint density at radius 1 is 1.19 bits per heavy atom. The molecule has 0 amide bonds. The first-order chi connectivity index (χ1) is 10.2. The number of benzene rings is 1. The first-order valence-corrected chi connectivity index (χ1v) is 7.45. The van der Waals surface area contributed by atoms with Crippen LogP contribution in [0.2, 0.25) is 5.02 Å². The molecule has 0 spiro atoms. The van der Waals surface area contributed by atoms with Crippen LogP contribution in [0.1, 0.15) is 29.9 Å². The Labute approximate surface area is 129 Å². The van der Waals surface area contributed by atoms with Gasteiger partial charge in [0.15, 0.2) is 0 Å². The third-order valence-electron chi connectivity index (χ3n) is 3.78. The predicted molar refractivity (Wildman–Crippen MR) is 86.6 cm³/mol. The molecule has 108 valence electrons. The molecule has 2 heterocycles. The Morgan fingerprint density at radius 2 is 1.95 bits per heavy atom. The van der Waals surface area contributed by atoms with Crippen LogP contribution in [-0.4, -0.2) is 9.38 Å². The number of aromatic nitrogens is 2. The minimum Gasteiger partial charge on any atom is -0.305 e. The third-order valence-corrected chi connectivity index (χ3v) is 4.12. The van der Waals surface area contributed by atoms with Crippen LogP contribution in [0.15, 0.2) is 48.7 Å². The summed E-state index contributed by atoms with van der Waals surface area (Å²) in [5.74, 6) is 0. The van der Waals surface area contributed by atoms with Gasteiger partial charge in [0.25, 0.3) is 0 Å². The van der Waals surface area contributed by atoms with Gasteiger partial charge in [0, 0.05) is 23.8 Å². The minimum absolute atomic E-state index is 0.187. The van der Waals surface area contributed by atoms with Gasteiger partial charge in [0.1, 0.15) is 5.65 Å². The Hall–Kier alpha value is -1.84. The number of hydrogen-bond donors (Lipinski definition) is 1. The topological polar surface area (TPSA) is 29.3 Å². The van der Waals surface area contributed by atoms with Crippen LogP contribution in [0.3, 0.4) is 0 Å². The van der Waals surface area contributed by atoms with Crippen molar-refractivity contribution >= 4 is 17.2 Å². The van der Waals surface area contributed by atoms with E-state index in [-0.39, 0.29) is 6.04 Å². The maximum atomic E-state index is 6.25. The molecule has 0 saturated heterocycles. The number of rotatable bonds is 4. The zero-order chi connectivity index (χ0) is 14.8. The van der Waals surface area contributed by atoms with E-state index in [1.807, 2.05) is 49.5 Å². The van der Waals surface area contributed by atoms with Gasteiger partial charge >= 0.3 is 0 Å². The van der Waals surface area contributed by atoms with Crippen molar-refractivity contribution in [1.29, 1.82) is 0 Å². The van der Waals surface area contributed by atoms with Gasteiger partial charge in [-0.2, -0.15) is 0 Å². The van der Waals surface area contributed by atoms with E-state index >= 15 is 0 Å². The van der Waals surface area contributed by atoms with Crippen LogP contribution in [0.5, 0.6) is 0 Å². The van der Waals surface area contributed by atoms with E-state index in [0.29, 0.717) is 0 Å². The highest BCUT2D eigenvalue weighted by molar-refractivity contribution is 6.31. The van der Waals surface area contributed by atoms with Crippen molar-refractivity contribution in [2.75, 3.05) is 0 Å². The van der Waals surface area contributed by atoms with E-state index in [0.717, 1.165) is 28.5 Å². The molecule has 3 aromatic rings. The fraction of sp³-hybridized carbons (Fsp3) is 0.235. The minimum atomic E-state index is 0.187. The van der Waals surface area contributed by atoms with E-state index < -0.39 is 0 Å². The molecule has 4 heteroatoms. The zero-order valence-electron chi connectivity index (χ0n) is 12.2. The number of aryl methyl sites for hydroxylation is 1. The smallest absolute Gasteiger partial charge is 0.137 e. The Morgan fingerprint density at radius 3 is 2.76 bits per heavy atom. The molecular weight excluding hydrogens is 282 g/mol. The van der Waals surface area contributed by atoms with Crippen LogP contribution in [-0.2, 0) is 6.54 Å². The van der Waals surface area contributed by atoms with Crippen molar-refractivity contribution in [1.82, 2.24) is 14.7 Å². The summed E-state index contributed by atoms with van der Waals surface area (Å²) in [6.45, 7) is 4.92. The molecule has 0 bridgehead atoms. The Kier molecular flexibility index (Phi) is 3.95. The maximum Gasteiger partial charge on any atom is 0.137 e. The molecule has 0 aliphatic carbocycles. The van der Waals surface area contributed by atoms with Crippen LogP contribution in [0.25, 0.3) is 5.65 Å². The molecule has 3 rings (SSSR count). The number of nitrogens with one attached hydrogen (secondary N) is 1. The van der Waals surface area contributed by atoms with Gasteiger partial charge in [-0.25, -0.2) is 4.98 Å². The fourth-order valence-corrected chi connectivity index (χ4v) is 2.86. The Bertz CT molecular complexity index is 764.